The topological polar surface area (TPSA) is 41.6 Å². The van der Waals surface area contributed by atoms with Gasteiger partial charge in [-0.05, 0) is 51.0 Å². The van der Waals surface area contributed by atoms with E-state index in [9.17, 15) is 4.79 Å². The van der Waals surface area contributed by atoms with Crippen LogP contribution in [0.3, 0.4) is 0 Å². The third-order valence-electron chi connectivity index (χ3n) is 4.55. The van der Waals surface area contributed by atoms with Gasteiger partial charge in [0, 0.05) is 29.9 Å². The van der Waals surface area contributed by atoms with Crippen LogP contribution in [-0.4, -0.2) is 31.2 Å². The molecule has 1 saturated heterocycles. The van der Waals surface area contributed by atoms with Gasteiger partial charge >= 0.3 is 0 Å². The van der Waals surface area contributed by atoms with Gasteiger partial charge in [0.1, 0.15) is 0 Å². The molecule has 2 fully saturated rings. The lowest BCUT2D eigenvalue weighted by atomic mass is 9.85. The number of morpholine rings is 1. The van der Waals surface area contributed by atoms with Gasteiger partial charge in [-0.15, -0.1) is 0 Å². The van der Waals surface area contributed by atoms with Gasteiger partial charge in [-0.25, -0.2) is 0 Å². The monoisotopic (exact) mass is 288 g/mol. The van der Waals surface area contributed by atoms with Crippen molar-refractivity contribution >= 4 is 17.3 Å². The summed E-state index contributed by atoms with van der Waals surface area (Å²) >= 11 is 0. The molecule has 2 unspecified atom stereocenters. The van der Waals surface area contributed by atoms with E-state index in [0.717, 1.165) is 31.7 Å². The maximum atomic E-state index is 11.9. The Morgan fingerprint density at radius 2 is 1.95 bits per heavy atom. The molecule has 114 valence electrons. The highest BCUT2D eigenvalue weighted by molar-refractivity contribution is 5.93. The number of anilines is 2. The Labute approximate surface area is 126 Å². The van der Waals surface area contributed by atoms with E-state index in [2.05, 4.69) is 36.2 Å². The molecule has 0 radical (unpaired) electrons. The van der Waals surface area contributed by atoms with Crippen LogP contribution in [0.15, 0.2) is 24.3 Å². The summed E-state index contributed by atoms with van der Waals surface area (Å²) in [5.74, 6) is 0.396. The predicted octanol–water partition coefficient (Wildman–Crippen LogP) is 3.04. The molecule has 1 aliphatic carbocycles. The molecule has 1 aliphatic heterocycles. The van der Waals surface area contributed by atoms with Gasteiger partial charge in [0.25, 0.3) is 0 Å². The SMILES string of the molecule is CC1CN(c2ccc(NC(=O)C3CCC3)cc2)C(C)CO1. The summed E-state index contributed by atoms with van der Waals surface area (Å²) < 4.78 is 5.66. The molecule has 3 rings (SSSR count). The van der Waals surface area contributed by atoms with Crippen LogP contribution in [0.2, 0.25) is 0 Å². The van der Waals surface area contributed by atoms with Crippen LogP contribution in [0.5, 0.6) is 0 Å². The molecule has 0 aromatic heterocycles. The summed E-state index contributed by atoms with van der Waals surface area (Å²) in [5, 5.41) is 3.01. The molecule has 4 heteroatoms. The average Bonchev–Trinajstić information content (AvgIpc) is 2.40. The molecule has 1 aromatic rings. The van der Waals surface area contributed by atoms with Crippen molar-refractivity contribution in [3.05, 3.63) is 24.3 Å². The summed E-state index contributed by atoms with van der Waals surface area (Å²) in [4.78, 5) is 14.3. The van der Waals surface area contributed by atoms with E-state index in [1.807, 2.05) is 12.1 Å². The Balaban J connectivity index is 1.64. The van der Waals surface area contributed by atoms with Gasteiger partial charge in [0.2, 0.25) is 5.91 Å². The second kappa shape index (κ2) is 6.06. The smallest absolute Gasteiger partial charge is 0.227 e. The Morgan fingerprint density at radius 1 is 1.24 bits per heavy atom. The van der Waals surface area contributed by atoms with Crippen LogP contribution in [0.4, 0.5) is 11.4 Å². The highest BCUT2D eigenvalue weighted by atomic mass is 16.5. The minimum Gasteiger partial charge on any atom is -0.375 e. The van der Waals surface area contributed by atoms with E-state index < -0.39 is 0 Å². The van der Waals surface area contributed by atoms with E-state index >= 15 is 0 Å². The third-order valence-corrected chi connectivity index (χ3v) is 4.55. The quantitative estimate of drug-likeness (QED) is 0.929. The van der Waals surface area contributed by atoms with Gasteiger partial charge in [0.05, 0.1) is 12.7 Å². The summed E-state index contributed by atoms with van der Waals surface area (Å²) in [6.07, 6.45) is 3.52. The van der Waals surface area contributed by atoms with E-state index in [-0.39, 0.29) is 17.9 Å². The van der Waals surface area contributed by atoms with Crippen LogP contribution >= 0.6 is 0 Å². The van der Waals surface area contributed by atoms with Gasteiger partial charge in [-0.2, -0.15) is 0 Å². The van der Waals surface area contributed by atoms with E-state index in [4.69, 9.17) is 4.74 Å². The van der Waals surface area contributed by atoms with Gasteiger partial charge in [0.15, 0.2) is 0 Å². The lowest BCUT2D eigenvalue weighted by molar-refractivity contribution is -0.122. The Bertz CT molecular complexity index is 496. The van der Waals surface area contributed by atoms with Gasteiger partial charge in [-0.3, -0.25) is 4.79 Å². The number of nitrogens with zero attached hydrogens (tertiary/aromatic N) is 1. The van der Waals surface area contributed by atoms with Crippen molar-refractivity contribution in [2.75, 3.05) is 23.4 Å². The van der Waals surface area contributed by atoms with Gasteiger partial charge < -0.3 is 15.0 Å². The van der Waals surface area contributed by atoms with Gasteiger partial charge in [-0.1, -0.05) is 6.42 Å². The van der Waals surface area contributed by atoms with Crippen LogP contribution < -0.4 is 10.2 Å². The number of benzene rings is 1. The molecule has 2 aliphatic rings. The maximum Gasteiger partial charge on any atom is 0.227 e. The number of carbonyl (C=O) groups excluding carboxylic acids is 1. The highest BCUT2D eigenvalue weighted by Gasteiger charge is 2.26. The minimum absolute atomic E-state index is 0.169. The fourth-order valence-electron chi connectivity index (χ4n) is 2.91. The first-order valence-electron chi connectivity index (χ1n) is 7.92. The molecule has 1 amide bonds. The van der Waals surface area contributed by atoms with E-state index in [1.165, 1.54) is 12.1 Å². The lowest BCUT2D eigenvalue weighted by Crippen LogP contribution is -2.47. The number of rotatable bonds is 3. The molecule has 0 spiro atoms. The second-order valence-electron chi connectivity index (χ2n) is 6.31. The largest absolute Gasteiger partial charge is 0.375 e. The Kier molecular flexibility index (Phi) is 4.15. The first-order valence-corrected chi connectivity index (χ1v) is 7.92. The minimum atomic E-state index is 0.169. The first-order chi connectivity index (χ1) is 10.1. The highest BCUT2D eigenvalue weighted by Crippen LogP contribution is 2.28. The summed E-state index contributed by atoms with van der Waals surface area (Å²) in [6, 6.07) is 8.56. The van der Waals surface area contributed by atoms with Crippen LogP contribution in [0.1, 0.15) is 33.1 Å². The molecule has 21 heavy (non-hydrogen) atoms. The molecule has 1 heterocycles. The number of amides is 1. The zero-order valence-electron chi connectivity index (χ0n) is 12.8. The molecule has 2 atom stereocenters. The molecular weight excluding hydrogens is 264 g/mol. The first kappa shape index (κ1) is 14.4. The second-order valence-corrected chi connectivity index (χ2v) is 6.31. The normalized spacial score (nSPS) is 26.3. The number of hydrogen-bond donors (Lipinski definition) is 1. The average molecular weight is 288 g/mol. The molecule has 1 saturated carbocycles. The van der Waals surface area contributed by atoms with Crippen molar-refractivity contribution in [1.29, 1.82) is 0 Å². The van der Waals surface area contributed by atoms with Crippen LogP contribution in [-0.2, 0) is 9.53 Å². The zero-order chi connectivity index (χ0) is 14.8. The summed E-state index contributed by atoms with van der Waals surface area (Å²) in [6.45, 7) is 5.96. The zero-order valence-corrected chi connectivity index (χ0v) is 12.8. The van der Waals surface area contributed by atoms with Crippen molar-refractivity contribution in [3.8, 4) is 0 Å². The molecule has 0 bridgehead atoms. The molecule has 1 aromatic carbocycles. The number of ether oxygens (including phenoxy) is 1. The number of nitrogens with one attached hydrogen (secondary N) is 1. The van der Waals surface area contributed by atoms with Crippen LogP contribution in [0, 0.1) is 5.92 Å². The summed E-state index contributed by atoms with van der Waals surface area (Å²) in [5.41, 5.74) is 2.09. The van der Waals surface area contributed by atoms with Crippen LogP contribution in [0.25, 0.3) is 0 Å². The third kappa shape index (κ3) is 3.21. The number of hydrogen-bond acceptors (Lipinski definition) is 3. The fraction of sp³-hybridized carbons (Fsp3) is 0.588. The summed E-state index contributed by atoms with van der Waals surface area (Å²) in [7, 11) is 0. The predicted molar refractivity (Wildman–Crippen MR) is 84.6 cm³/mol. The van der Waals surface area contributed by atoms with Crippen molar-refractivity contribution in [3.63, 3.8) is 0 Å². The van der Waals surface area contributed by atoms with Crippen molar-refractivity contribution in [1.82, 2.24) is 0 Å². The van der Waals surface area contributed by atoms with E-state index in [0.29, 0.717) is 6.04 Å². The fourth-order valence-corrected chi connectivity index (χ4v) is 2.91. The Morgan fingerprint density at radius 3 is 2.57 bits per heavy atom. The molecule has 4 nitrogen and oxygen atoms in total. The standard InChI is InChI=1S/C17H24N2O2/c1-12-11-21-13(2)10-19(12)16-8-6-15(7-9-16)18-17(20)14-4-3-5-14/h6-9,12-14H,3-5,10-11H2,1-2H3,(H,18,20). The molecular formula is C17H24N2O2. The van der Waals surface area contributed by atoms with Crippen molar-refractivity contribution < 1.29 is 9.53 Å². The lowest BCUT2D eigenvalue weighted by Gasteiger charge is -2.38. The van der Waals surface area contributed by atoms with Crippen molar-refractivity contribution in [2.45, 2.75) is 45.3 Å². The van der Waals surface area contributed by atoms with Crippen molar-refractivity contribution in [2.24, 2.45) is 5.92 Å². The Hall–Kier alpha value is -1.55. The number of carbonyl (C=O) groups is 1. The molecule has 1 N–H and O–H groups in total. The maximum absolute atomic E-state index is 11.9. The van der Waals surface area contributed by atoms with E-state index in [1.54, 1.807) is 0 Å².